The van der Waals surface area contributed by atoms with Crippen LogP contribution in [0.3, 0.4) is 0 Å². The highest BCUT2D eigenvalue weighted by molar-refractivity contribution is 6.31. The number of rotatable bonds is 6. The van der Waals surface area contributed by atoms with Gasteiger partial charge in [-0.05, 0) is 51.2 Å². The van der Waals surface area contributed by atoms with Gasteiger partial charge in [-0.3, -0.25) is 0 Å². The molecule has 4 nitrogen and oxygen atoms in total. The predicted octanol–water partition coefficient (Wildman–Crippen LogP) is 2.63. The molecule has 0 radical (unpaired) electrons. The van der Waals surface area contributed by atoms with Crippen molar-refractivity contribution in [3.05, 3.63) is 28.3 Å². The topological polar surface area (TPSA) is 38.8 Å². The van der Waals surface area contributed by atoms with Crippen molar-refractivity contribution in [2.24, 2.45) is 0 Å². The zero-order chi connectivity index (χ0) is 14.4. The maximum Gasteiger partial charge on any atom is 0.341 e. The van der Waals surface area contributed by atoms with Crippen LogP contribution in [0.5, 0.6) is 5.75 Å². The van der Waals surface area contributed by atoms with Crippen LogP contribution in [-0.4, -0.2) is 45.7 Å². The highest BCUT2D eigenvalue weighted by Gasteiger charge is 2.17. The molecule has 0 bridgehead atoms. The number of esters is 1. The van der Waals surface area contributed by atoms with E-state index in [2.05, 4.69) is 4.90 Å². The molecule has 0 aliphatic carbocycles. The highest BCUT2D eigenvalue weighted by atomic mass is 35.5. The largest absolute Gasteiger partial charge is 0.496 e. The molecule has 0 heterocycles. The second-order valence-corrected chi connectivity index (χ2v) is 4.98. The Morgan fingerprint density at radius 2 is 2.00 bits per heavy atom. The zero-order valence-corrected chi connectivity index (χ0v) is 12.6. The van der Waals surface area contributed by atoms with Crippen LogP contribution < -0.4 is 4.74 Å². The van der Waals surface area contributed by atoms with Gasteiger partial charge in [0.2, 0.25) is 0 Å². The van der Waals surface area contributed by atoms with E-state index in [0.29, 0.717) is 16.3 Å². The Labute approximate surface area is 119 Å². The number of hydrogen-bond donors (Lipinski definition) is 0. The van der Waals surface area contributed by atoms with Gasteiger partial charge < -0.3 is 14.4 Å². The van der Waals surface area contributed by atoms with Crippen molar-refractivity contribution >= 4 is 17.6 Å². The number of aryl methyl sites for hydroxylation is 1. The SMILES string of the molecule is COC(=O)c1cc(Cl)cc(CCCN(C)C)c1OC. The molecule has 0 saturated carbocycles. The average Bonchev–Trinajstić information content (AvgIpc) is 2.36. The molecule has 0 N–H and O–H groups in total. The summed E-state index contributed by atoms with van der Waals surface area (Å²) in [5.41, 5.74) is 1.30. The molecule has 5 heteroatoms. The van der Waals surface area contributed by atoms with Crippen LogP contribution in [0, 0.1) is 0 Å². The van der Waals surface area contributed by atoms with Crippen molar-refractivity contribution in [3.63, 3.8) is 0 Å². The summed E-state index contributed by atoms with van der Waals surface area (Å²) in [5, 5.41) is 0.515. The molecular weight excluding hydrogens is 266 g/mol. The first-order valence-electron chi connectivity index (χ1n) is 6.09. The first-order valence-corrected chi connectivity index (χ1v) is 6.46. The summed E-state index contributed by atoms with van der Waals surface area (Å²) >= 11 is 6.05. The van der Waals surface area contributed by atoms with E-state index in [1.807, 2.05) is 20.2 Å². The molecule has 19 heavy (non-hydrogen) atoms. The Kier molecular flexibility index (Phi) is 6.12. The molecule has 106 valence electrons. The lowest BCUT2D eigenvalue weighted by molar-refractivity contribution is 0.0597. The van der Waals surface area contributed by atoms with Crippen molar-refractivity contribution in [2.75, 3.05) is 34.9 Å². The van der Waals surface area contributed by atoms with Gasteiger partial charge in [-0.15, -0.1) is 0 Å². The van der Waals surface area contributed by atoms with Crippen LogP contribution >= 0.6 is 11.6 Å². The Balaban J connectivity index is 3.02. The van der Waals surface area contributed by atoms with E-state index in [1.54, 1.807) is 13.2 Å². The fourth-order valence-electron chi connectivity index (χ4n) is 1.92. The number of halogens is 1. The Hall–Kier alpha value is -1.26. The van der Waals surface area contributed by atoms with Crippen molar-refractivity contribution in [2.45, 2.75) is 12.8 Å². The molecule has 0 aliphatic heterocycles. The fourth-order valence-corrected chi connectivity index (χ4v) is 2.16. The summed E-state index contributed by atoms with van der Waals surface area (Å²) < 4.78 is 10.1. The van der Waals surface area contributed by atoms with Gasteiger partial charge in [0.05, 0.1) is 14.2 Å². The van der Waals surface area contributed by atoms with Crippen LogP contribution in [0.4, 0.5) is 0 Å². The maximum absolute atomic E-state index is 11.7. The van der Waals surface area contributed by atoms with Gasteiger partial charge in [-0.25, -0.2) is 4.79 Å². The monoisotopic (exact) mass is 285 g/mol. The molecular formula is C14H20ClNO3. The van der Waals surface area contributed by atoms with Gasteiger partial charge in [0, 0.05) is 5.02 Å². The highest BCUT2D eigenvalue weighted by Crippen LogP contribution is 2.29. The molecule has 0 amide bonds. The fraction of sp³-hybridized carbons (Fsp3) is 0.500. The smallest absolute Gasteiger partial charge is 0.341 e. The minimum atomic E-state index is -0.437. The Bertz CT molecular complexity index is 447. The van der Waals surface area contributed by atoms with E-state index < -0.39 is 5.97 Å². The lowest BCUT2D eigenvalue weighted by Crippen LogP contribution is -2.14. The van der Waals surface area contributed by atoms with Crippen LogP contribution in [0.15, 0.2) is 12.1 Å². The summed E-state index contributed by atoms with van der Waals surface area (Å²) in [5.74, 6) is 0.114. The van der Waals surface area contributed by atoms with Crippen LogP contribution in [0.2, 0.25) is 5.02 Å². The van der Waals surface area contributed by atoms with E-state index in [9.17, 15) is 4.79 Å². The average molecular weight is 286 g/mol. The molecule has 0 aliphatic rings. The summed E-state index contributed by atoms with van der Waals surface area (Å²) in [6.45, 7) is 0.962. The van der Waals surface area contributed by atoms with Gasteiger partial charge in [-0.2, -0.15) is 0 Å². The van der Waals surface area contributed by atoms with Gasteiger partial charge in [0.15, 0.2) is 0 Å². The van der Waals surface area contributed by atoms with Crippen molar-refractivity contribution in [1.82, 2.24) is 4.90 Å². The number of hydrogen-bond acceptors (Lipinski definition) is 4. The lowest BCUT2D eigenvalue weighted by Gasteiger charge is -2.14. The number of carbonyl (C=O) groups is 1. The van der Waals surface area contributed by atoms with Crippen LogP contribution in [0.1, 0.15) is 22.3 Å². The standard InChI is InChI=1S/C14H20ClNO3/c1-16(2)7-5-6-10-8-11(15)9-12(13(10)18-3)14(17)19-4/h8-9H,5-7H2,1-4H3. The second-order valence-electron chi connectivity index (χ2n) is 4.54. The summed E-state index contributed by atoms with van der Waals surface area (Å²) in [6, 6.07) is 3.41. The third-order valence-electron chi connectivity index (χ3n) is 2.79. The molecule has 0 atom stereocenters. The molecule has 0 fully saturated rings. The molecule has 0 spiro atoms. The maximum atomic E-state index is 11.7. The Morgan fingerprint density at radius 3 is 2.53 bits per heavy atom. The van der Waals surface area contributed by atoms with Crippen molar-refractivity contribution < 1.29 is 14.3 Å². The van der Waals surface area contributed by atoms with Crippen LogP contribution in [-0.2, 0) is 11.2 Å². The number of nitrogens with zero attached hydrogens (tertiary/aromatic N) is 1. The van der Waals surface area contributed by atoms with E-state index in [1.165, 1.54) is 7.11 Å². The molecule has 0 unspecified atom stereocenters. The first kappa shape index (κ1) is 15.8. The van der Waals surface area contributed by atoms with Crippen molar-refractivity contribution in [3.8, 4) is 5.75 Å². The normalized spacial score (nSPS) is 10.6. The van der Waals surface area contributed by atoms with Gasteiger partial charge in [0.25, 0.3) is 0 Å². The molecule has 1 rings (SSSR count). The minimum Gasteiger partial charge on any atom is -0.496 e. The zero-order valence-electron chi connectivity index (χ0n) is 11.8. The van der Waals surface area contributed by atoms with E-state index in [-0.39, 0.29) is 0 Å². The Morgan fingerprint density at radius 1 is 1.32 bits per heavy atom. The summed E-state index contributed by atoms with van der Waals surface area (Å²) in [7, 11) is 6.93. The lowest BCUT2D eigenvalue weighted by atomic mass is 10.0. The van der Waals surface area contributed by atoms with Crippen LogP contribution in [0.25, 0.3) is 0 Å². The number of carbonyl (C=O) groups excluding carboxylic acids is 1. The summed E-state index contributed by atoms with van der Waals surface area (Å²) in [6.07, 6.45) is 1.76. The third-order valence-corrected chi connectivity index (χ3v) is 3.01. The van der Waals surface area contributed by atoms with Gasteiger partial charge >= 0.3 is 5.97 Å². The molecule has 1 aromatic rings. The number of ether oxygens (including phenoxy) is 2. The minimum absolute atomic E-state index is 0.373. The summed E-state index contributed by atoms with van der Waals surface area (Å²) in [4.78, 5) is 13.8. The molecule has 1 aromatic carbocycles. The third kappa shape index (κ3) is 4.40. The number of methoxy groups -OCH3 is 2. The quantitative estimate of drug-likeness (QED) is 0.753. The van der Waals surface area contributed by atoms with Crippen molar-refractivity contribution in [1.29, 1.82) is 0 Å². The van der Waals surface area contributed by atoms with Gasteiger partial charge in [0.1, 0.15) is 11.3 Å². The molecule has 0 aromatic heterocycles. The van der Waals surface area contributed by atoms with E-state index >= 15 is 0 Å². The second kappa shape index (κ2) is 7.36. The van der Waals surface area contributed by atoms with E-state index in [4.69, 9.17) is 21.1 Å². The molecule has 0 saturated heterocycles. The van der Waals surface area contributed by atoms with Gasteiger partial charge in [-0.1, -0.05) is 11.6 Å². The van der Waals surface area contributed by atoms with E-state index in [0.717, 1.165) is 24.9 Å². The number of benzene rings is 1. The predicted molar refractivity (Wildman–Crippen MR) is 76.2 cm³/mol. The first-order chi connectivity index (χ1) is 8.99.